The van der Waals surface area contributed by atoms with Gasteiger partial charge in [-0.05, 0) is 36.7 Å². The van der Waals surface area contributed by atoms with Crippen LogP contribution in [0.5, 0.6) is 0 Å². The summed E-state index contributed by atoms with van der Waals surface area (Å²) in [6, 6.07) is -0.453. The summed E-state index contributed by atoms with van der Waals surface area (Å²) in [4.78, 5) is 17.5. The van der Waals surface area contributed by atoms with Crippen molar-refractivity contribution in [1.29, 1.82) is 0 Å². The van der Waals surface area contributed by atoms with E-state index in [1.165, 1.54) is 18.3 Å². The Kier molecular flexibility index (Phi) is 6.57. The molecule has 0 spiro atoms. The Labute approximate surface area is 211 Å². The average molecular weight is 496 g/mol. The van der Waals surface area contributed by atoms with Crippen LogP contribution in [0.4, 0.5) is 0 Å². The summed E-state index contributed by atoms with van der Waals surface area (Å²) >= 11 is 1.83. The molecule has 4 heterocycles. The van der Waals surface area contributed by atoms with E-state index in [0.29, 0.717) is 30.2 Å². The highest BCUT2D eigenvalue weighted by Crippen LogP contribution is 2.49. The molecule has 2 unspecified atom stereocenters. The quantitative estimate of drug-likeness (QED) is 0.453. The Morgan fingerprint density at radius 2 is 1.97 bits per heavy atom. The third-order valence-corrected chi connectivity index (χ3v) is 8.61. The summed E-state index contributed by atoms with van der Waals surface area (Å²) in [6.07, 6.45) is 6.10. The van der Waals surface area contributed by atoms with Gasteiger partial charge in [0.25, 0.3) is 0 Å². The second-order valence-electron chi connectivity index (χ2n) is 10.6. The van der Waals surface area contributed by atoms with E-state index < -0.39 is 6.04 Å². The molecule has 35 heavy (non-hydrogen) atoms. The van der Waals surface area contributed by atoms with Crippen LogP contribution in [0.2, 0.25) is 0 Å². The van der Waals surface area contributed by atoms with Crippen LogP contribution in [0.1, 0.15) is 64.6 Å². The normalized spacial score (nSPS) is 28.0. The summed E-state index contributed by atoms with van der Waals surface area (Å²) < 4.78 is 19.1. The van der Waals surface area contributed by atoms with Crippen molar-refractivity contribution in [1.82, 2.24) is 14.8 Å². The van der Waals surface area contributed by atoms with E-state index in [2.05, 4.69) is 54.6 Å². The van der Waals surface area contributed by atoms with Crippen LogP contribution in [0.15, 0.2) is 33.8 Å². The van der Waals surface area contributed by atoms with Gasteiger partial charge in [0.1, 0.15) is 11.9 Å². The van der Waals surface area contributed by atoms with Crippen molar-refractivity contribution >= 4 is 35.6 Å². The van der Waals surface area contributed by atoms with Crippen LogP contribution >= 0.6 is 11.8 Å². The van der Waals surface area contributed by atoms with Crippen molar-refractivity contribution < 1.29 is 18.8 Å². The van der Waals surface area contributed by atoms with Crippen LogP contribution in [0.3, 0.4) is 0 Å². The number of carbonyl (C=O) groups excluding carboxylic acids is 1. The van der Waals surface area contributed by atoms with E-state index in [0.717, 1.165) is 34.9 Å². The molecule has 0 N–H and O–H groups in total. The first kappa shape index (κ1) is 24.5. The SMILES string of the molecule is COC(=O)C[C@@H]1N=C(C2=CC=C(B3OCC(C)(C)CO3)CC2)C2=C(SC(C)C2C)n2c(C)nnc21. The standard InChI is InChI=1S/C25H33BN4O4S/c1-14-15(2)35-24-21(14)22(27-19(11-20(31)32-6)23-29-28-16(3)30(23)24)17-7-9-18(10-8-17)26-33-12-25(4,5)13-34-26/h7,9,14-15,19H,8,10-13H2,1-6H3/t14?,15?,19-/m0/s1. The first-order chi connectivity index (χ1) is 16.7. The van der Waals surface area contributed by atoms with Gasteiger partial charge >= 0.3 is 13.1 Å². The van der Waals surface area contributed by atoms with Crippen LogP contribution in [0.25, 0.3) is 5.03 Å². The summed E-state index contributed by atoms with van der Waals surface area (Å²) in [5.74, 6) is 1.50. The molecule has 0 aromatic carbocycles. The number of esters is 1. The first-order valence-electron chi connectivity index (χ1n) is 12.3. The summed E-state index contributed by atoms with van der Waals surface area (Å²) in [5.41, 5.74) is 4.57. The van der Waals surface area contributed by atoms with E-state index in [9.17, 15) is 4.79 Å². The number of aliphatic imine (C=N–C) groups is 1. The molecule has 10 heteroatoms. The van der Waals surface area contributed by atoms with E-state index in [-0.39, 0.29) is 24.9 Å². The fourth-order valence-corrected chi connectivity index (χ4v) is 6.41. The number of aromatic nitrogens is 3. The Balaban J connectivity index is 1.54. The molecule has 8 nitrogen and oxygen atoms in total. The molecule has 186 valence electrons. The lowest BCUT2D eigenvalue weighted by Gasteiger charge is -2.34. The van der Waals surface area contributed by atoms with Gasteiger partial charge < -0.3 is 14.0 Å². The van der Waals surface area contributed by atoms with Crippen molar-refractivity contribution in [3.8, 4) is 0 Å². The molecule has 0 bridgehead atoms. The van der Waals surface area contributed by atoms with Crippen LogP contribution < -0.4 is 0 Å². The average Bonchev–Trinajstić information content (AvgIpc) is 3.31. The van der Waals surface area contributed by atoms with Gasteiger partial charge in [-0.1, -0.05) is 39.8 Å². The Bertz CT molecular complexity index is 1160. The molecule has 1 aliphatic carbocycles. The summed E-state index contributed by atoms with van der Waals surface area (Å²) in [7, 11) is 1.13. The number of hydrogen-bond donors (Lipinski definition) is 0. The maximum absolute atomic E-state index is 12.3. The molecule has 0 saturated carbocycles. The van der Waals surface area contributed by atoms with E-state index >= 15 is 0 Å². The van der Waals surface area contributed by atoms with Gasteiger partial charge in [0.15, 0.2) is 5.82 Å². The zero-order valence-corrected chi connectivity index (χ0v) is 22.1. The lowest BCUT2D eigenvalue weighted by Crippen LogP contribution is -2.42. The minimum atomic E-state index is -0.453. The highest BCUT2D eigenvalue weighted by Gasteiger charge is 2.41. The minimum Gasteiger partial charge on any atom is -0.469 e. The molecular weight excluding hydrogens is 463 g/mol. The maximum Gasteiger partial charge on any atom is 0.489 e. The van der Waals surface area contributed by atoms with Crippen molar-refractivity contribution in [2.45, 2.75) is 65.2 Å². The molecule has 1 saturated heterocycles. The van der Waals surface area contributed by atoms with Crippen LogP contribution in [0, 0.1) is 18.3 Å². The van der Waals surface area contributed by atoms with Crippen molar-refractivity contribution in [2.75, 3.05) is 20.3 Å². The zero-order chi connectivity index (χ0) is 24.9. The van der Waals surface area contributed by atoms with Gasteiger partial charge in [0, 0.05) is 29.5 Å². The van der Waals surface area contributed by atoms with Gasteiger partial charge in [0.05, 0.1) is 24.3 Å². The zero-order valence-electron chi connectivity index (χ0n) is 21.3. The number of methoxy groups -OCH3 is 1. The summed E-state index contributed by atoms with van der Waals surface area (Å²) in [6.45, 7) is 12.1. The molecule has 0 amide bonds. The fraction of sp³-hybridized carbons (Fsp3) is 0.600. The number of carbonyl (C=O) groups is 1. The number of allylic oxidation sites excluding steroid dienone is 5. The molecule has 0 radical (unpaired) electrons. The van der Waals surface area contributed by atoms with Crippen molar-refractivity contribution in [3.63, 3.8) is 0 Å². The molecule has 4 aliphatic rings. The Hall–Kier alpha value is -2.17. The summed E-state index contributed by atoms with van der Waals surface area (Å²) in [5, 5.41) is 10.3. The topological polar surface area (TPSA) is 87.8 Å². The predicted octanol–water partition coefficient (Wildman–Crippen LogP) is 4.33. The van der Waals surface area contributed by atoms with Crippen molar-refractivity contribution in [3.05, 3.63) is 40.4 Å². The lowest BCUT2D eigenvalue weighted by molar-refractivity contribution is -0.141. The number of nitrogens with zero attached hydrogens (tertiary/aromatic N) is 4. The molecule has 1 aromatic heterocycles. The fourth-order valence-electron chi connectivity index (χ4n) is 4.98. The Morgan fingerprint density at radius 3 is 2.63 bits per heavy atom. The molecular formula is C25H33BN4O4S. The Morgan fingerprint density at radius 1 is 1.23 bits per heavy atom. The van der Waals surface area contributed by atoms with Gasteiger partial charge in [-0.25, -0.2) is 0 Å². The van der Waals surface area contributed by atoms with Crippen molar-refractivity contribution in [2.24, 2.45) is 16.3 Å². The number of aryl methyl sites for hydroxylation is 1. The number of fused-ring (bicyclic) bond motifs is 2. The first-order valence-corrected chi connectivity index (χ1v) is 13.2. The van der Waals surface area contributed by atoms with Gasteiger partial charge in [-0.3, -0.25) is 14.4 Å². The highest BCUT2D eigenvalue weighted by atomic mass is 32.2. The lowest BCUT2D eigenvalue weighted by atomic mass is 9.70. The van der Waals surface area contributed by atoms with E-state index in [1.54, 1.807) is 0 Å². The number of rotatable bonds is 4. The second kappa shape index (κ2) is 9.37. The van der Waals surface area contributed by atoms with E-state index in [4.69, 9.17) is 19.0 Å². The third kappa shape index (κ3) is 4.56. The van der Waals surface area contributed by atoms with Crippen LogP contribution in [-0.2, 0) is 18.8 Å². The molecule has 5 rings (SSSR count). The van der Waals surface area contributed by atoms with Gasteiger partial charge in [0.2, 0.25) is 0 Å². The third-order valence-electron chi connectivity index (χ3n) is 7.21. The smallest absolute Gasteiger partial charge is 0.469 e. The second-order valence-corrected chi connectivity index (χ2v) is 12.0. The maximum atomic E-state index is 12.3. The minimum absolute atomic E-state index is 0.0455. The number of thioether (sulfide) groups is 1. The van der Waals surface area contributed by atoms with E-state index in [1.807, 2.05) is 18.7 Å². The number of ether oxygens (including phenoxy) is 1. The molecule has 1 aromatic rings. The largest absolute Gasteiger partial charge is 0.489 e. The molecule has 3 aliphatic heterocycles. The number of hydrogen-bond acceptors (Lipinski definition) is 8. The predicted molar refractivity (Wildman–Crippen MR) is 138 cm³/mol. The molecule has 1 fully saturated rings. The van der Waals surface area contributed by atoms with Crippen LogP contribution in [-0.4, -0.2) is 59.1 Å². The van der Waals surface area contributed by atoms with Gasteiger partial charge in [-0.15, -0.1) is 22.0 Å². The monoisotopic (exact) mass is 496 g/mol. The van der Waals surface area contributed by atoms with Gasteiger partial charge in [-0.2, -0.15) is 0 Å². The highest BCUT2D eigenvalue weighted by molar-refractivity contribution is 8.08. The molecule has 3 atom stereocenters.